The third-order valence-electron chi connectivity index (χ3n) is 2.87. The Morgan fingerprint density at radius 1 is 1.26 bits per heavy atom. The second-order valence-corrected chi connectivity index (χ2v) is 6.80. The number of carbonyl (C=O) groups is 2. The van der Waals surface area contributed by atoms with E-state index in [1.54, 1.807) is 0 Å². The molecule has 2 atom stereocenters. The van der Waals surface area contributed by atoms with Crippen LogP contribution in [-0.2, 0) is 14.6 Å². The number of nitrogens with one attached hydrogen (secondary N) is 1. The second-order valence-electron chi connectivity index (χ2n) is 4.50. The van der Waals surface area contributed by atoms with Gasteiger partial charge in [0.25, 0.3) is 0 Å². The minimum absolute atomic E-state index is 0.0234. The number of aliphatic carboxylic acids is 1. The number of hydrogen-bond donors (Lipinski definition) is 3. The first kappa shape index (κ1) is 15.7. The lowest BCUT2D eigenvalue weighted by Crippen LogP contribution is -2.52. The van der Waals surface area contributed by atoms with E-state index in [0.29, 0.717) is 6.42 Å². The summed E-state index contributed by atoms with van der Waals surface area (Å²) in [7, 11) is -3.13. The summed E-state index contributed by atoms with van der Waals surface area (Å²) in [6.45, 7) is 1.53. The zero-order valence-corrected chi connectivity index (χ0v) is 11.4. The van der Waals surface area contributed by atoms with E-state index in [1.807, 2.05) is 0 Å². The van der Waals surface area contributed by atoms with Crippen LogP contribution in [0.5, 0.6) is 0 Å². The maximum atomic E-state index is 11.8. The van der Waals surface area contributed by atoms with Gasteiger partial charge in [-0.15, -0.1) is 0 Å². The number of amides is 2. The first-order valence-electron chi connectivity index (χ1n) is 5.89. The van der Waals surface area contributed by atoms with E-state index in [9.17, 15) is 23.1 Å². The molecule has 9 heteroatoms. The maximum Gasteiger partial charge on any atom is 0.328 e. The fourth-order valence-corrected chi connectivity index (χ4v) is 3.03. The van der Waals surface area contributed by atoms with Crippen LogP contribution in [0.1, 0.15) is 13.3 Å². The average molecular weight is 294 g/mol. The number of aliphatic hydroxyl groups excluding tert-OH is 1. The van der Waals surface area contributed by atoms with Crippen molar-refractivity contribution in [2.24, 2.45) is 0 Å². The number of nitrogens with zero attached hydrogens (tertiary/aromatic N) is 1. The Labute approximate surface area is 111 Å². The van der Waals surface area contributed by atoms with Gasteiger partial charge in [0.15, 0.2) is 15.9 Å². The highest BCUT2D eigenvalue weighted by Gasteiger charge is 2.28. The van der Waals surface area contributed by atoms with Crippen molar-refractivity contribution in [2.45, 2.75) is 25.5 Å². The summed E-state index contributed by atoms with van der Waals surface area (Å²) in [5, 5.41) is 20.3. The largest absolute Gasteiger partial charge is 0.480 e. The quantitative estimate of drug-likeness (QED) is 0.591. The third kappa shape index (κ3) is 4.67. The van der Waals surface area contributed by atoms with Crippen molar-refractivity contribution in [2.75, 3.05) is 24.6 Å². The van der Waals surface area contributed by atoms with Gasteiger partial charge in [-0.1, -0.05) is 0 Å². The normalized spacial score (nSPS) is 22.1. The molecule has 0 aromatic rings. The molecule has 1 aliphatic heterocycles. The SMILES string of the molecule is CC(O)C(NC(=O)N1CCCS(=O)(=O)CC1)C(=O)O. The van der Waals surface area contributed by atoms with Crippen molar-refractivity contribution in [1.29, 1.82) is 0 Å². The molecular weight excluding hydrogens is 276 g/mol. The minimum atomic E-state index is -3.13. The molecule has 1 heterocycles. The Morgan fingerprint density at radius 3 is 2.42 bits per heavy atom. The molecule has 19 heavy (non-hydrogen) atoms. The van der Waals surface area contributed by atoms with Crippen LogP contribution in [0.15, 0.2) is 0 Å². The van der Waals surface area contributed by atoms with Crippen LogP contribution in [0.4, 0.5) is 4.79 Å². The minimum Gasteiger partial charge on any atom is -0.480 e. The summed E-state index contributed by atoms with van der Waals surface area (Å²) in [5.41, 5.74) is 0. The molecule has 3 N–H and O–H groups in total. The molecule has 0 bridgehead atoms. The summed E-state index contributed by atoms with van der Waals surface area (Å²) in [6, 6.07) is -2.09. The number of sulfone groups is 1. The van der Waals surface area contributed by atoms with Gasteiger partial charge in [-0.05, 0) is 13.3 Å². The summed E-state index contributed by atoms with van der Waals surface area (Å²) in [4.78, 5) is 23.9. The lowest BCUT2D eigenvalue weighted by molar-refractivity contribution is -0.141. The number of carboxylic acids is 1. The predicted molar refractivity (Wildman–Crippen MR) is 66.5 cm³/mol. The van der Waals surface area contributed by atoms with Gasteiger partial charge < -0.3 is 20.4 Å². The molecule has 0 aromatic heterocycles. The van der Waals surface area contributed by atoms with E-state index in [-0.39, 0.29) is 24.6 Å². The molecule has 1 saturated heterocycles. The van der Waals surface area contributed by atoms with Crippen molar-refractivity contribution in [3.63, 3.8) is 0 Å². The van der Waals surface area contributed by atoms with E-state index < -0.39 is 34.0 Å². The molecule has 0 radical (unpaired) electrons. The summed E-state index contributed by atoms with van der Waals surface area (Å²) in [6.07, 6.45) is -0.917. The lowest BCUT2D eigenvalue weighted by Gasteiger charge is -2.24. The molecule has 1 aliphatic rings. The monoisotopic (exact) mass is 294 g/mol. The van der Waals surface area contributed by atoms with Gasteiger partial charge in [0.2, 0.25) is 0 Å². The molecule has 0 aliphatic carbocycles. The number of carbonyl (C=O) groups excluding carboxylic acids is 1. The number of carboxylic acid groups (broad SMARTS) is 1. The molecule has 0 aromatic carbocycles. The number of aliphatic hydroxyl groups is 1. The highest BCUT2D eigenvalue weighted by molar-refractivity contribution is 7.91. The van der Waals surface area contributed by atoms with Crippen molar-refractivity contribution in [3.8, 4) is 0 Å². The van der Waals surface area contributed by atoms with Crippen molar-refractivity contribution < 1.29 is 28.2 Å². The fourth-order valence-electron chi connectivity index (χ4n) is 1.75. The first-order chi connectivity index (χ1) is 8.73. The maximum absolute atomic E-state index is 11.8. The van der Waals surface area contributed by atoms with Gasteiger partial charge in [-0.25, -0.2) is 18.0 Å². The average Bonchev–Trinajstić information content (AvgIpc) is 2.46. The summed E-state index contributed by atoms with van der Waals surface area (Å²) < 4.78 is 22.8. The lowest BCUT2D eigenvalue weighted by atomic mass is 10.2. The molecule has 1 fully saturated rings. The third-order valence-corrected chi connectivity index (χ3v) is 4.59. The van der Waals surface area contributed by atoms with Crippen molar-refractivity contribution in [1.82, 2.24) is 10.2 Å². The smallest absolute Gasteiger partial charge is 0.328 e. The van der Waals surface area contributed by atoms with E-state index in [1.165, 1.54) is 11.8 Å². The first-order valence-corrected chi connectivity index (χ1v) is 7.72. The van der Waals surface area contributed by atoms with Gasteiger partial charge in [-0.2, -0.15) is 0 Å². The van der Waals surface area contributed by atoms with E-state index >= 15 is 0 Å². The van der Waals surface area contributed by atoms with Gasteiger partial charge in [-0.3, -0.25) is 0 Å². The van der Waals surface area contributed by atoms with Gasteiger partial charge in [0.05, 0.1) is 17.6 Å². The Bertz CT molecular complexity index is 447. The Hall–Kier alpha value is -1.35. The zero-order valence-electron chi connectivity index (χ0n) is 10.6. The number of rotatable bonds is 3. The molecular formula is C10H18N2O6S. The van der Waals surface area contributed by atoms with E-state index in [4.69, 9.17) is 5.11 Å². The molecule has 0 saturated carbocycles. The second kappa shape index (κ2) is 6.20. The topological polar surface area (TPSA) is 124 Å². The Morgan fingerprint density at radius 2 is 1.89 bits per heavy atom. The van der Waals surface area contributed by atoms with Crippen LogP contribution >= 0.6 is 0 Å². The van der Waals surface area contributed by atoms with Crippen molar-refractivity contribution in [3.05, 3.63) is 0 Å². The molecule has 110 valence electrons. The number of urea groups is 1. The van der Waals surface area contributed by atoms with Gasteiger partial charge >= 0.3 is 12.0 Å². The molecule has 2 unspecified atom stereocenters. The van der Waals surface area contributed by atoms with Gasteiger partial charge in [0, 0.05) is 13.1 Å². The fraction of sp³-hybridized carbons (Fsp3) is 0.800. The molecule has 2 amide bonds. The van der Waals surface area contributed by atoms with Crippen LogP contribution < -0.4 is 5.32 Å². The number of hydrogen-bond acceptors (Lipinski definition) is 5. The predicted octanol–water partition coefficient (Wildman–Crippen LogP) is -1.35. The molecule has 0 spiro atoms. The zero-order chi connectivity index (χ0) is 14.6. The van der Waals surface area contributed by atoms with E-state index in [0.717, 1.165) is 0 Å². The van der Waals surface area contributed by atoms with Crippen LogP contribution in [0.25, 0.3) is 0 Å². The van der Waals surface area contributed by atoms with Crippen LogP contribution in [0, 0.1) is 0 Å². The van der Waals surface area contributed by atoms with Crippen molar-refractivity contribution >= 4 is 21.8 Å². The molecule has 8 nitrogen and oxygen atoms in total. The highest BCUT2D eigenvalue weighted by Crippen LogP contribution is 2.06. The summed E-state index contributed by atoms with van der Waals surface area (Å²) >= 11 is 0. The van der Waals surface area contributed by atoms with Gasteiger partial charge in [0.1, 0.15) is 0 Å². The van der Waals surface area contributed by atoms with Crippen LogP contribution in [0.2, 0.25) is 0 Å². The summed E-state index contributed by atoms with van der Waals surface area (Å²) in [5.74, 6) is -1.45. The Kier molecular flexibility index (Phi) is 5.12. The highest BCUT2D eigenvalue weighted by atomic mass is 32.2. The van der Waals surface area contributed by atoms with E-state index in [2.05, 4.69) is 5.32 Å². The van der Waals surface area contributed by atoms with Crippen LogP contribution in [-0.4, -0.2) is 72.3 Å². The molecule has 1 rings (SSSR count). The standard InChI is InChI=1S/C10H18N2O6S/c1-7(13)8(9(14)15)11-10(16)12-3-2-5-19(17,18)6-4-12/h7-8,13H,2-6H2,1H3,(H,11,16)(H,14,15). The van der Waals surface area contributed by atoms with Crippen LogP contribution in [0.3, 0.4) is 0 Å². The Balaban J connectivity index is 2.65.